The van der Waals surface area contributed by atoms with Crippen molar-refractivity contribution < 1.29 is 0 Å². The molecule has 0 saturated carbocycles. The van der Waals surface area contributed by atoms with Crippen LogP contribution in [-0.4, -0.2) is 26.3 Å². The summed E-state index contributed by atoms with van der Waals surface area (Å²) in [7, 11) is 0. The molecule has 0 unspecified atom stereocenters. The van der Waals surface area contributed by atoms with Crippen LogP contribution in [0.25, 0.3) is 22.3 Å². The first-order valence-corrected chi connectivity index (χ1v) is 7.94. The topological polar surface area (TPSA) is 55.6 Å². The van der Waals surface area contributed by atoms with Crippen LogP contribution in [0.3, 0.4) is 0 Å². The molecule has 0 aliphatic rings. The fourth-order valence-corrected chi connectivity index (χ4v) is 2.65. The third-order valence-electron chi connectivity index (χ3n) is 3.83. The largest absolute Gasteiger partial charge is 0.368 e. The van der Waals surface area contributed by atoms with Gasteiger partial charge in [0.25, 0.3) is 0 Å². The Morgan fingerprint density at radius 2 is 1.71 bits per heavy atom. The summed E-state index contributed by atoms with van der Waals surface area (Å²) in [4.78, 5) is 9.43. The zero-order valence-corrected chi connectivity index (χ0v) is 13.1. The van der Waals surface area contributed by atoms with Crippen LogP contribution in [0.15, 0.2) is 73.1 Å². The zero-order chi connectivity index (χ0) is 16.2. The van der Waals surface area contributed by atoms with Crippen LogP contribution in [0, 0.1) is 0 Å². The Balaban J connectivity index is 1.67. The maximum Gasteiger partial charge on any atom is 0.162 e. The molecular weight excluding hydrogens is 298 g/mol. The fraction of sp³-hybridized carbons (Fsp3) is 0.105. The summed E-state index contributed by atoms with van der Waals surface area (Å²) < 4.78 is 1.90. The molecule has 0 amide bonds. The van der Waals surface area contributed by atoms with Gasteiger partial charge in [0, 0.05) is 29.9 Å². The van der Waals surface area contributed by atoms with Crippen LogP contribution in [-0.2, 0) is 6.54 Å². The van der Waals surface area contributed by atoms with Crippen molar-refractivity contribution in [1.29, 1.82) is 0 Å². The normalized spacial score (nSPS) is 10.8. The van der Waals surface area contributed by atoms with Gasteiger partial charge < -0.3 is 5.32 Å². The average Bonchev–Trinajstić information content (AvgIpc) is 3.16. The van der Waals surface area contributed by atoms with E-state index in [4.69, 9.17) is 9.97 Å². The molecule has 118 valence electrons. The number of hydrogen-bond acceptors (Lipinski definition) is 4. The molecule has 4 aromatic rings. The molecular formula is C19H17N5. The van der Waals surface area contributed by atoms with Crippen molar-refractivity contribution in [3.8, 4) is 11.4 Å². The van der Waals surface area contributed by atoms with Gasteiger partial charge in [-0.05, 0) is 18.2 Å². The number of rotatable bonds is 5. The van der Waals surface area contributed by atoms with Crippen LogP contribution < -0.4 is 5.32 Å². The Bertz CT molecular complexity index is 933. The smallest absolute Gasteiger partial charge is 0.162 e. The molecule has 1 N–H and O–H groups in total. The number of para-hydroxylation sites is 1. The van der Waals surface area contributed by atoms with E-state index in [0.717, 1.165) is 41.2 Å². The van der Waals surface area contributed by atoms with Gasteiger partial charge >= 0.3 is 0 Å². The molecule has 0 bridgehead atoms. The third kappa shape index (κ3) is 2.96. The van der Waals surface area contributed by atoms with Gasteiger partial charge in [0.1, 0.15) is 5.82 Å². The molecule has 0 aliphatic heterocycles. The Morgan fingerprint density at radius 3 is 2.54 bits per heavy atom. The lowest BCUT2D eigenvalue weighted by Crippen LogP contribution is -2.12. The maximum absolute atomic E-state index is 4.74. The molecule has 4 rings (SSSR count). The Labute approximate surface area is 140 Å². The molecule has 0 fully saturated rings. The van der Waals surface area contributed by atoms with Gasteiger partial charge in [-0.2, -0.15) is 5.10 Å². The van der Waals surface area contributed by atoms with Crippen LogP contribution in [0.4, 0.5) is 5.82 Å². The van der Waals surface area contributed by atoms with E-state index >= 15 is 0 Å². The molecule has 5 nitrogen and oxygen atoms in total. The van der Waals surface area contributed by atoms with E-state index in [1.165, 1.54) is 0 Å². The minimum atomic E-state index is 0.732. The second-order valence-corrected chi connectivity index (χ2v) is 5.47. The average molecular weight is 315 g/mol. The first kappa shape index (κ1) is 14.4. The Hall–Kier alpha value is -3.21. The number of nitrogens with one attached hydrogen (secondary N) is 1. The monoisotopic (exact) mass is 315 g/mol. The van der Waals surface area contributed by atoms with Gasteiger partial charge in [-0.15, -0.1) is 0 Å². The number of benzene rings is 2. The lowest BCUT2D eigenvalue weighted by atomic mass is 10.2. The Morgan fingerprint density at radius 1 is 0.875 bits per heavy atom. The summed E-state index contributed by atoms with van der Waals surface area (Å²) in [6.07, 6.45) is 3.74. The van der Waals surface area contributed by atoms with Crippen molar-refractivity contribution >= 4 is 16.7 Å². The first-order chi connectivity index (χ1) is 11.9. The molecule has 0 aliphatic carbocycles. The summed E-state index contributed by atoms with van der Waals surface area (Å²) in [5.41, 5.74) is 1.95. The van der Waals surface area contributed by atoms with Crippen LogP contribution >= 0.6 is 0 Å². The van der Waals surface area contributed by atoms with Crippen molar-refractivity contribution in [2.24, 2.45) is 0 Å². The van der Waals surface area contributed by atoms with E-state index in [-0.39, 0.29) is 0 Å². The van der Waals surface area contributed by atoms with E-state index in [0.29, 0.717) is 0 Å². The number of anilines is 1. The van der Waals surface area contributed by atoms with Gasteiger partial charge in [0.05, 0.1) is 12.1 Å². The predicted octanol–water partition coefficient (Wildman–Crippen LogP) is 3.61. The van der Waals surface area contributed by atoms with E-state index in [2.05, 4.69) is 10.4 Å². The summed E-state index contributed by atoms with van der Waals surface area (Å²) in [6, 6.07) is 20.0. The van der Waals surface area contributed by atoms with Gasteiger partial charge in [-0.1, -0.05) is 42.5 Å². The van der Waals surface area contributed by atoms with Gasteiger partial charge in [0.2, 0.25) is 0 Å². The van der Waals surface area contributed by atoms with Crippen LogP contribution in [0.1, 0.15) is 0 Å². The molecule has 0 spiro atoms. The summed E-state index contributed by atoms with van der Waals surface area (Å²) >= 11 is 0. The highest BCUT2D eigenvalue weighted by atomic mass is 15.3. The lowest BCUT2D eigenvalue weighted by Gasteiger charge is -2.11. The maximum atomic E-state index is 4.74. The van der Waals surface area contributed by atoms with E-state index < -0.39 is 0 Å². The SMILES string of the molecule is c1ccc(-c2nc(NCCn3cccn3)c3ccccc3n2)cc1. The zero-order valence-electron chi connectivity index (χ0n) is 13.1. The highest BCUT2D eigenvalue weighted by Crippen LogP contribution is 2.24. The standard InChI is InChI=1S/C19H17N5/c1-2-7-15(8-3-1)18-22-17-10-5-4-9-16(17)19(23-18)20-12-14-24-13-6-11-21-24/h1-11,13H,12,14H2,(H,20,22,23). The molecule has 24 heavy (non-hydrogen) atoms. The van der Waals surface area contributed by atoms with Crippen molar-refractivity contribution in [1.82, 2.24) is 19.7 Å². The number of fused-ring (bicyclic) bond motifs is 1. The molecule has 2 aromatic heterocycles. The van der Waals surface area contributed by atoms with Crippen molar-refractivity contribution in [2.75, 3.05) is 11.9 Å². The molecule has 5 heteroatoms. The summed E-state index contributed by atoms with van der Waals surface area (Å²) in [5, 5.41) is 8.67. The van der Waals surface area contributed by atoms with Crippen LogP contribution in [0.2, 0.25) is 0 Å². The van der Waals surface area contributed by atoms with E-state index in [9.17, 15) is 0 Å². The van der Waals surface area contributed by atoms with Crippen molar-refractivity contribution in [3.63, 3.8) is 0 Å². The fourth-order valence-electron chi connectivity index (χ4n) is 2.65. The summed E-state index contributed by atoms with van der Waals surface area (Å²) in [5.74, 6) is 1.59. The molecule has 2 aromatic carbocycles. The second kappa shape index (κ2) is 6.50. The highest BCUT2D eigenvalue weighted by Gasteiger charge is 2.08. The number of nitrogens with zero attached hydrogens (tertiary/aromatic N) is 4. The quantitative estimate of drug-likeness (QED) is 0.611. The molecule has 2 heterocycles. The molecule has 0 atom stereocenters. The third-order valence-corrected chi connectivity index (χ3v) is 3.83. The van der Waals surface area contributed by atoms with Gasteiger partial charge in [-0.25, -0.2) is 9.97 Å². The van der Waals surface area contributed by atoms with Gasteiger partial charge in [0.15, 0.2) is 5.82 Å². The minimum absolute atomic E-state index is 0.732. The van der Waals surface area contributed by atoms with Crippen molar-refractivity contribution in [3.05, 3.63) is 73.1 Å². The molecule has 0 saturated heterocycles. The van der Waals surface area contributed by atoms with E-state index in [1.54, 1.807) is 6.20 Å². The molecule has 0 radical (unpaired) electrons. The minimum Gasteiger partial charge on any atom is -0.368 e. The summed E-state index contributed by atoms with van der Waals surface area (Å²) in [6.45, 7) is 1.53. The highest BCUT2D eigenvalue weighted by molar-refractivity contribution is 5.90. The van der Waals surface area contributed by atoms with Crippen molar-refractivity contribution in [2.45, 2.75) is 6.54 Å². The number of hydrogen-bond donors (Lipinski definition) is 1. The second-order valence-electron chi connectivity index (χ2n) is 5.47. The van der Waals surface area contributed by atoms with Gasteiger partial charge in [-0.3, -0.25) is 4.68 Å². The lowest BCUT2D eigenvalue weighted by molar-refractivity contribution is 0.637. The van der Waals surface area contributed by atoms with Crippen LogP contribution in [0.5, 0.6) is 0 Å². The predicted molar refractivity (Wildman–Crippen MR) is 95.7 cm³/mol. The Kier molecular flexibility index (Phi) is 3.90. The first-order valence-electron chi connectivity index (χ1n) is 7.94. The number of aromatic nitrogens is 4. The van der Waals surface area contributed by atoms with E-state index in [1.807, 2.05) is 71.5 Å².